The van der Waals surface area contributed by atoms with Crippen LogP contribution in [0.15, 0.2) is 11.7 Å². The molecule has 0 fully saturated rings. The van der Waals surface area contributed by atoms with Crippen LogP contribution in [0.2, 0.25) is 0 Å². The summed E-state index contributed by atoms with van der Waals surface area (Å²) in [4.78, 5) is 0. The molecule has 0 rings (SSSR count). The van der Waals surface area contributed by atoms with E-state index in [1.165, 1.54) is 0 Å². The van der Waals surface area contributed by atoms with Crippen molar-refractivity contribution in [1.82, 2.24) is 0 Å². The van der Waals surface area contributed by atoms with E-state index in [2.05, 4.69) is 0 Å². The van der Waals surface area contributed by atoms with Crippen molar-refractivity contribution >= 4 is 0 Å². The van der Waals surface area contributed by atoms with Gasteiger partial charge in [-0.1, -0.05) is 0 Å². The second-order valence-corrected chi connectivity index (χ2v) is 3.02. The lowest BCUT2D eigenvalue weighted by atomic mass is 9.93. The molecule has 0 bridgehead atoms. The minimum atomic E-state index is -6.09. The standard InChI is InChI=1S/C7H4F10/c8-2-5(11,1-6(12,13)14)3(4(9)10)7(15,16)17/h1-2H2. The molecule has 102 valence electrons. The van der Waals surface area contributed by atoms with Crippen molar-refractivity contribution in [1.29, 1.82) is 0 Å². The Labute approximate surface area is 87.9 Å². The first-order valence-electron chi connectivity index (χ1n) is 3.78. The summed E-state index contributed by atoms with van der Waals surface area (Å²) in [6, 6.07) is 0. The van der Waals surface area contributed by atoms with Gasteiger partial charge in [0.25, 0.3) is 6.08 Å². The molecular formula is C7H4F10. The third kappa shape index (κ3) is 4.43. The van der Waals surface area contributed by atoms with Crippen molar-refractivity contribution in [3.05, 3.63) is 11.7 Å². The number of hydrogen-bond donors (Lipinski definition) is 0. The fraction of sp³-hybridized carbons (Fsp3) is 0.714. The Morgan fingerprint density at radius 2 is 1.24 bits per heavy atom. The summed E-state index contributed by atoms with van der Waals surface area (Å²) in [5.74, 6) is 0. The van der Waals surface area contributed by atoms with Gasteiger partial charge in [0.1, 0.15) is 12.2 Å². The third-order valence-corrected chi connectivity index (χ3v) is 1.61. The van der Waals surface area contributed by atoms with E-state index in [0.717, 1.165) is 0 Å². The molecule has 0 saturated heterocycles. The maximum absolute atomic E-state index is 13.1. The van der Waals surface area contributed by atoms with Gasteiger partial charge in [-0.2, -0.15) is 35.1 Å². The van der Waals surface area contributed by atoms with Crippen LogP contribution in [0.5, 0.6) is 0 Å². The van der Waals surface area contributed by atoms with E-state index in [9.17, 15) is 43.9 Å². The van der Waals surface area contributed by atoms with Gasteiger partial charge in [0.2, 0.25) is 0 Å². The number of rotatable bonds is 3. The maximum Gasteiger partial charge on any atom is 0.421 e. The van der Waals surface area contributed by atoms with Gasteiger partial charge in [-0.05, 0) is 0 Å². The van der Waals surface area contributed by atoms with E-state index < -0.39 is 42.8 Å². The fourth-order valence-electron chi connectivity index (χ4n) is 1.05. The molecule has 10 heteroatoms. The van der Waals surface area contributed by atoms with E-state index in [-0.39, 0.29) is 0 Å². The van der Waals surface area contributed by atoms with E-state index in [4.69, 9.17) is 0 Å². The normalized spacial score (nSPS) is 16.6. The number of alkyl halides is 8. The van der Waals surface area contributed by atoms with Crippen LogP contribution in [0.1, 0.15) is 6.42 Å². The predicted molar refractivity (Wildman–Crippen MR) is 35.8 cm³/mol. The molecular weight excluding hydrogens is 274 g/mol. The number of hydrogen-bond acceptors (Lipinski definition) is 0. The zero-order valence-corrected chi connectivity index (χ0v) is 7.69. The first-order valence-corrected chi connectivity index (χ1v) is 3.78. The van der Waals surface area contributed by atoms with E-state index in [1.54, 1.807) is 0 Å². The van der Waals surface area contributed by atoms with Crippen LogP contribution in [-0.2, 0) is 0 Å². The molecule has 17 heavy (non-hydrogen) atoms. The van der Waals surface area contributed by atoms with Gasteiger partial charge in [-0.15, -0.1) is 0 Å². The lowest BCUT2D eigenvalue weighted by Crippen LogP contribution is -2.40. The Morgan fingerprint density at radius 1 is 0.824 bits per heavy atom. The van der Waals surface area contributed by atoms with Gasteiger partial charge in [-0.25, -0.2) is 8.78 Å². The molecule has 0 spiro atoms. The smallest absolute Gasteiger partial charge is 0.247 e. The molecule has 0 saturated carbocycles. The van der Waals surface area contributed by atoms with Gasteiger partial charge in [0, 0.05) is 0 Å². The summed E-state index contributed by atoms with van der Waals surface area (Å²) in [7, 11) is 0. The van der Waals surface area contributed by atoms with Crippen LogP contribution in [0.3, 0.4) is 0 Å². The molecule has 0 aliphatic heterocycles. The minimum absolute atomic E-state index is 2.86. The van der Waals surface area contributed by atoms with E-state index in [1.807, 2.05) is 0 Å². The summed E-state index contributed by atoms with van der Waals surface area (Å²) in [6.07, 6.45) is -18.4. The first kappa shape index (κ1) is 16.0. The SMILES string of the molecule is FCC(F)(CC(F)(F)F)C(=C(F)F)C(F)(F)F. The minimum Gasteiger partial charge on any atom is -0.247 e. The maximum atomic E-state index is 13.1. The van der Waals surface area contributed by atoms with Gasteiger partial charge in [0.15, 0.2) is 5.67 Å². The van der Waals surface area contributed by atoms with Crippen molar-refractivity contribution in [3.8, 4) is 0 Å². The van der Waals surface area contributed by atoms with Gasteiger partial charge >= 0.3 is 12.4 Å². The van der Waals surface area contributed by atoms with E-state index in [0.29, 0.717) is 0 Å². The van der Waals surface area contributed by atoms with Gasteiger partial charge in [-0.3, -0.25) is 0 Å². The molecule has 0 aromatic rings. The molecule has 0 nitrogen and oxygen atoms in total. The van der Waals surface area contributed by atoms with Crippen molar-refractivity contribution in [2.45, 2.75) is 24.4 Å². The molecule has 0 aromatic carbocycles. The van der Waals surface area contributed by atoms with Crippen LogP contribution in [0.25, 0.3) is 0 Å². The number of allylic oxidation sites excluding steroid dienone is 1. The lowest BCUT2D eigenvalue weighted by molar-refractivity contribution is -0.173. The Kier molecular flexibility index (Phi) is 4.46. The lowest BCUT2D eigenvalue weighted by Gasteiger charge is -2.26. The Bertz CT molecular complexity index is 293. The summed E-state index contributed by atoms with van der Waals surface area (Å²) >= 11 is 0. The molecule has 0 amide bonds. The van der Waals surface area contributed by atoms with Crippen LogP contribution in [0.4, 0.5) is 43.9 Å². The molecule has 0 N–H and O–H groups in total. The van der Waals surface area contributed by atoms with Crippen LogP contribution >= 0.6 is 0 Å². The van der Waals surface area contributed by atoms with Crippen molar-refractivity contribution in [2.75, 3.05) is 6.67 Å². The monoisotopic (exact) mass is 278 g/mol. The van der Waals surface area contributed by atoms with Crippen molar-refractivity contribution < 1.29 is 43.9 Å². The van der Waals surface area contributed by atoms with Crippen LogP contribution in [0, 0.1) is 0 Å². The molecule has 0 radical (unpaired) electrons. The molecule has 1 unspecified atom stereocenters. The van der Waals surface area contributed by atoms with Crippen LogP contribution < -0.4 is 0 Å². The average Bonchev–Trinajstić information content (AvgIpc) is 1.96. The second-order valence-electron chi connectivity index (χ2n) is 3.02. The highest BCUT2D eigenvalue weighted by Crippen LogP contribution is 2.45. The fourth-order valence-corrected chi connectivity index (χ4v) is 1.05. The molecule has 0 heterocycles. The first-order chi connectivity index (χ1) is 7.33. The summed E-state index contributed by atoms with van der Waals surface area (Å²) in [6.45, 7) is -2.86. The van der Waals surface area contributed by atoms with Gasteiger partial charge in [0.05, 0.1) is 6.42 Å². The highest BCUT2D eigenvalue weighted by molar-refractivity contribution is 5.23. The molecule has 1 atom stereocenters. The zero-order valence-electron chi connectivity index (χ0n) is 7.69. The Balaban J connectivity index is 5.56. The molecule has 0 aliphatic carbocycles. The highest BCUT2D eigenvalue weighted by Gasteiger charge is 2.57. The Hall–Kier alpha value is -0.960. The summed E-state index contributed by atoms with van der Waals surface area (Å²) in [5, 5.41) is 0. The average molecular weight is 278 g/mol. The Morgan fingerprint density at radius 3 is 1.41 bits per heavy atom. The topological polar surface area (TPSA) is 0 Å². The van der Waals surface area contributed by atoms with Gasteiger partial charge < -0.3 is 0 Å². The quantitative estimate of drug-likeness (QED) is 0.674. The van der Waals surface area contributed by atoms with E-state index >= 15 is 0 Å². The molecule has 0 aromatic heterocycles. The van der Waals surface area contributed by atoms with Crippen LogP contribution in [-0.4, -0.2) is 24.7 Å². The second kappa shape index (κ2) is 4.73. The summed E-state index contributed by atoms with van der Waals surface area (Å²) < 4.78 is 120. The highest BCUT2D eigenvalue weighted by atomic mass is 19.4. The predicted octanol–water partition coefficient (Wildman–Crippen LogP) is 4.33. The molecule has 0 aliphatic rings. The van der Waals surface area contributed by atoms with Crippen molar-refractivity contribution in [2.24, 2.45) is 0 Å². The number of halogens is 10. The summed E-state index contributed by atoms with van der Waals surface area (Å²) in [5.41, 5.74) is -8.28. The van der Waals surface area contributed by atoms with Crippen molar-refractivity contribution in [3.63, 3.8) is 0 Å². The zero-order chi connectivity index (χ0) is 14.1. The third-order valence-electron chi connectivity index (χ3n) is 1.61. The largest absolute Gasteiger partial charge is 0.421 e.